The molecule has 2 N–H and O–H groups in total. The Morgan fingerprint density at radius 3 is 2.37 bits per heavy atom. The zero-order chi connectivity index (χ0) is 13.9. The van der Waals surface area contributed by atoms with Gasteiger partial charge in [-0.25, -0.2) is 4.39 Å². The minimum atomic E-state index is -0.516. The highest BCUT2D eigenvalue weighted by atomic mass is 35.5. The Hall–Kier alpha value is -0.640. The van der Waals surface area contributed by atoms with Crippen molar-refractivity contribution in [2.75, 3.05) is 13.2 Å². The average Bonchev–Trinajstić information content (AvgIpc) is 2.95. The fraction of sp³-hybridized carbons (Fsp3) is 0.600. The second kappa shape index (κ2) is 6.21. The summed E-state index contributed by atoms with van der Waals surface area (Å²) in [6, 6.07) is 4.61. The summed E-state index contributed by atoms with van der Waals surface area (Å²) in [7, 11) is 0. The van der Waals surface area contributed by atoms with E-state index in [2.05, 4.69) is 0 Å². The predicted octanol–water partition coefficient (Wildman–Crippen LogP) is 3.18. The van der Waals surface area contributed by atoms with Gasteiger partial charge in [0.2, 0.25) is 0 Å². The van der Waals surface area contributed by atoms with Crippen molar-refractivity contribution >= 4 is 11.6 Å². The number of hydrogen-bond acceptors (Lipinski definition) is 2. The van der Waals surface area contributed by atoms with Gasteiger partial charge in [0.1, 0.15) is 5.82 Å². The summed E-state index contributed by atoms with van der Waals surface area (Å²) in [5.41, 5.74) is 0.346. The largest absolute Gasteiger partial charge is 0.396 e. The van der Waals surface area contributed by atoms with E-state index in [0.717, 1.165) is 31.2 Å². The van der Waals surface area contributed by atoms with Crippen LogP contribution in [0.5, 0.6) is 0 Å². The highest BCUT2D eigenvalue weighted by Gasteiger charge is 2.39. The van der Waals surface area contributed by atoms with Gasteiger partial charge in [0.15, 0.2) is 0 Å². The van der Waals surface area contributed by atoms with Crippen LogP contribution in [0, 0.1) is 17.2 Å². The van der Waals surface area contributed by atoms with Crippen LogP contribution in [-0.2, 0) is 6.42 Å². The molecule has 0 unspecified atom stereocenters. The summed E-state index contributed by atoms with van der Waals surface area (Å²) >= 11 is 5.79. The van der Waals surface area contributed by atoms with E-state index in [1.54, 1.807) is 12.1 Å². The van der Waals surface area contributed by atoms with Crippen molar-refractivity contribution in [3.63, 3.8) is 0 Å². The zero-order valence-electron chi connectivity index (χ0n) is 10.9. The number of hydrogen-bond donors (Lipinski definition) is 2. The van der Waals surface area contributed by atoms with Gasteiger partial charge in [0.25, 0.3) is 0 Å². The first-order valence-corrected chi connectivity index (χ1v) is 7.15. The van der Waals surface area contributed by atoms with Crippen molar-refractivity contribution in [3.8, 4) is 0 Å². The van der Waals surface area contributed by atoms with Crippen LogP contribution in [0.1, 0.15) is 31.2 Å². The molecule has 4 heteroatoms. The lowest BCUT2D eigenvalue weighted by atomic mass is 9.71. The van der Waals surface area contributed by atoms with Gasteiger partial charge in [-0.05, 0) is 42.9 Å². The van der Waals surface area contributed by atoms with Gasteiger partial charge in [0.05, 0.1) is 18.2 Å². The third kappa shape index (κ3) is 3.10. The first-order valence-electron chi connectivity index (χ1n) is 6.77. The van der Waals surface area contributed by atoms with E-state index in [-0.39, 0.29) is 18.2 Å². The van der Waals surface area contributed by atoms with Crippen molar-refractivity contribution in [1.82, 2.24) is 0 Å². The van der Waals surface area contributed by atoms with E-state index in [1.807, 2.05) is 0 Å². The molecule has 0 heterocycles. The molecule has 1 aromatic carbocycles. The second-order valence-electron chi connectivity index (χ2n) is 5.59. The maximum atomic E-state index is 13.2. The third-order valence-electron chi connectivity index (χ3n) is 4.39. The van der Waals surface area contributed by atoms with Crippen LogP contribution >= 0.6 is 11.6 Å². The SMILES string of the molecule is OCC(CO)(Cc1ccc(F)c(Cl)c1)C1CCCC1. The smallest absolute Gasteiger partial charge is 0.141 e. The minimum Gasteiger partial charge on any atom is -0.396 e. The summed E-state index contributed by atoms with van der Waals surface area (Å²) in [6.45, 7) is -0.105. The van der Waals surface area contributed by atoms with Gasteiger partial charge >= 0.3 is 0 Å². The molecular weight excluding hydrogens is 267 g/mol. The van der Waals surface area contributed by atoms with Crippen molar-refractivity contribution in [2.24, 2.45) is 11.3 Å². The van der Waals surface area contributed by atoms with Gasteiger partial charge in [-0.2, -0.15) is 0 Å². The monoisotopic (exact) mass is 286 g/mol. The van der Waals surface area contributed by atoms with E-state index in [0.29, 0.717) is 12.3 Å². The molecule has 2 rings (SSSR count). The summed E-state index contributed by atoms with van der Waals surface area (Å²) in [5, 5.41) is 19.6. The molecule has 1 aliphatic rings. The van der Waals surface area contributed by atoms with Crippen LogP contribution in [0.15, 0.2) is 18.2 Å². The van der Waals surface area contributed by atoms with Crippen LogP contribution in [-0.4, -0.2) is 23.4 Å². The first-order chi connectivity index (χ1) is 9.11. The summed E-state index contributed by atoms with van der Waals surface area (Å²) in [5.74, 6) is -0.115. The fourth-order valence-electron chi connectivity index (χ4n) is 3.16. The zero-order valence-corrected chi connectivity index (χ0v) is 11.7. The Bertz CT molecular complexity index is 426. The summed E-state index contributed by atoms with van der Waals surface area (Å²) in [4.78, 5) is 0. The molecule has 1 aromatic rings. The quantitative estimate of drug-likeness (QED) is 0.873. The molecule has 0 spiro atoms. The van der Waals surface area contributed by atoms with Gasteiger partial charge < -0.3 is 10.2 Å². The minimum absolute atomic E-state index is 0.0524. The number of benzene rings is 1. The predicted molar refractivity (Wildman–Crippen MR) is 73.7 cm³/mol. The fourth-order valence-corrected chi connectivity index (χ4v) is 3.36. The number of rotatable bonds is 5. The normalized spacial score (nSPS) is 17.1. The first kappa shape index (κ1) is 14.8. The molecule has 0 aliphatic heterocycles. The number of aliphatic hydroxyl groups is 2. The topological polar surface area (TPSA) is 40.5 Å². The standard InChI is InChI=1S/C15H20ClFO2/c16-13-7-11(5-6-14(13)17)8-15(9-18,10-19)12-3-1-2-4-12/h5-7,12,18-19H,1-4,8-10H2. The maximum Gasteiger partial charge on any atom is 0.141 e. The molecular formula is C15H20ClFO2. The summed E-state index contributed by atoms with van der Waals surface area (Å²) in [6.07, 6.45) is 4.91. The lowest BCUT2D eigenvalue weighted by molar-refractivity contribution is 0.00570. The van der Waals surface area contributed by atoms with E-state index in [4.69, 9.17) is 11.6 Å². The molecule has 0 aromatic heterocycles. The van der Waals surface area contributed by atoms with Crippen molar-refractivity contribution in [1.29, 1.82) is 0 Å². The van der Waals surface area contributed by atoms with Gasteiger partial charge in [-0.15, -0.1) is 0 Å². The highest BCUT2D eigenvalue weighted by Crippen LogP contribution is 2.42. The van der Waals surface area contributed by atoms with E-state index in [1.165, 1.54) is 6.07 Å². The van der Waals surface area contributed by atoms with E-state index < -0.39 is 11.2 Å². The highest BCUT2D eigenvalue weighted by molar-refractivity contribution is 6.30. The van der Waals surface area contributed by atoms with Gasteiger partial charge in [-0.3, -0.25) is 0 Å². The molecule has 1 aliphatic carbocycles. The lowest BCUT2D eigenvalue weighted by Gasteiger charge is -2.36. The van der Waals surface area contributed by atoms with Crippen LogP contribution in [0.2, 0.25) is 5.02 Å². The van der Waals surface area contributed by atoms with Crippen LogP contribution in [0.4, 0.5) is 4.39 Å². The van der Waals surface area contributed by atoms with Crippen LogP contribution < -0.4 is 0 Å². The Morgan fingerprint density at radius 2 is 1.84 bits per heavy atom. The molecule has 1 saturated carbocycles. The maximum absolute atomic E-state index is 13.2. The molecule has 0 radical (unpaired) electrons. The average molecular weight is 287 g/mol. The molecule has 1 fully saturated rings. The van der Waals surface area contributed by atoms with Gasteiger partial charge in [0, 0.05) is 5.41 Å². The van der Waals surface area contributed by atoms with E-state index >= 15 is 0 Å². The lowest BCUT2D eigenvalue weighted by Crippen LogP contribution is -2.39. The van der Waals surface area contributed by atoms with Crippen LogP contribution in [0.3, 0.4) is 0 Å². The third-order valence-corrected chi connectivity index (χ3v) is 4.68. The molecule has 19 heavy (non-hydrogen) atoms. The molecule has 0 bridgehead atoms. The number of halogens is 2. The molecule has 0 atom stereocenters. The van der Waals surface area contributed by atoms with E-state index in [9.17, 15) is 14.6 Å². The Morgan fingerprint density at radius 1 is 1.21 bits per heavy atom. The molecule has 0 saturated heterocycles. The molecule has 0 amide bonds. The Labute approximate surface area is 118 Å². The second-order valence-corrected chi connectivity index (χ2v) is 5.99. The number of aliphatic hydroxyl groups excluding tert-OH is 2. The van der Waals surface area contributed by atoms with Crippen molar-refractivity contribution in [2.45, 2.75) is 32.1 Å². The summed E-state index contributed by atoms with van der Waals surface area (Å²) < 4.78 is 13.2. The molecule has 106 valence electrons. The van der Waals surface area contributed by atoms with Gasteiger partial charge in [-0.1, -0.05) is 30.5 Å². The van der Waals surface area contributed by atoms with Crippen molar-refractivity contribution in [3.05, 3.63) is 34.6 Å². The molecule has 2 nitrogen and oxygen atoms in total. The Kier molecular flexibility index (Phi) is 4.82. The van der Waals surface area contributed by atoms with Crippen molar-refractivity contribution < 1.29 is 14.6 Å². The Balaban J connectivity index is 2.21. The van der Waals surface area contributed by atoms with Crippen LogP contribution in [0.25, 0.3) is 0 Å².